The standard InChI is InChI=1S/C25H27FN4O4/c1-29(2)23(31)15-34-17-9-11-30(12-10-17)25(33)20-13-16(7-8-21(20)26)14-22-18-5-3-4-6-19(18)24(32)28-27-22/h3-8,13,17H,9-12,14-15H2,1-2H3,(H,28,32). The number of likely N-dealkylation sites (N-methyl/N-ethyl adjacent to an activating group) is 1. The van der Waals surface area contributed by atoms with Crippen LogP contribution in [0, 0.1) is 5.82 Å². The van der Waals surface area contributed by atoms with E-state index in [1.165, 1.54) is 11.0 Å². The average Bonchev–Trinajstić information content (AvgIpc) is 2.85. The molecule has 178 valence electrons. The molecule has 0 saturated carbocycles. The molecule has 0 unspecified atom stereocenters. The molecule has 0 atom stereocenters. The van der Waals surface area contributed by atoms with Crippen molar-refractivity contribution in [2.45, 2.75) is 25.4 Å². The maximum Gasteiger partial charge on any atom is 0.272 e. The third kappa shape index (κ3) is 5.14. The van der Waals surface area contributed by atoms with Crippen molar-refractivity contribution in [1.29, 1.82) is 0 Å². The molecule has 1 aromatic heterocycles. The minimum atomic E-state index is -0.581. The molecule has 0 radical (unpaired) electrons. The fourth-order valence-electron chi connectivity index (χ4n) is 4.06. The van der Waals surface area contributed by atoms with Crippen LogP contribution in [-0.2, 0) is 16.0 Å². The van der Waals surface area contributed by atoms with Crippen molar-refractivity contribution in [3.63, 3.8) is 0 Å². The summed E-state index contributed by atoms with van der Waals surface area (Å²) >= 11 is 0. The molecule has 1 fully saturated rings. The Balaban J connectivity index is 1.45. The van der Waals surface area contributed by atoms with Gasteiger partial charge in [0.25, 0.3) is 11.5 Å². The third-order valence-electron chi connectivity index (χ3n) is 6.08. The number of hydrogen-bond donors (Lipinski definition) is 1. The number of piperidine rings is 1. The topological polar surface area (TPSA) is 95.6 Å². The number of benzene rings is 2. The van der Waals surface area contributed by atoms with Gasteiger partial charge in [0.05, 0.1) is 22.7 Å². The molecule has 0 bridgehead atoms. The highest BCUT2D eigenvalue weighted by molar-refractivity contribution is 5.95. The Morgan fingerprint density at radius 3 is 2.56 bits per heavy atom. The van der Waals surface area contributed by atoms with Gasteiger partial charge in [-0.05, 0) is 36.6 Å². The summed E-state index contributed by atoms with van der Waals surface area (Å²) in [4.78, 5) is 39.9. The van der Waals surface area contributed by atoms with Crippen LogP contribution < -0.4 is 5.56 Å². The Bertz CT molecular complexity index is 1270. The summed E-state index contributed by atoms with van der Waals surface area (Å²) in [5.74, 6) is -1.06. The summed E-state index contributed by atoms with van der Waals surface area (Å²) in [7, 11) is 3.34. The molecule has 1 N–H and O–H groups in total. The van der Waals surface area contributed by atoms with Crippen molar-refractivity contribution in [3.05, 3.63) is 75.5 Å². The van der Waals surface area contributed by atoms with Crippen LogP contribution in [0.1, 0.15) is 34.5 Å². The number of likely N-dealkylation sites (tertiary alicyclic amines) is 1. The number of amides is 2. The highest BCUT2D eigenvalue weighted by Crippen LogP contribution is 2.21. The molecule has 0 aliphatic carbocycles. The lowest BCUT2D eigenvalue weighted by Gasteiger charge is -2.32. The van der Waals surface area contributed by atoms with Gasteiger partial charge in [-0.15, -0.1) is 0 Å². The quantitative estimate of drug-likeness (QED) is 0.602. The van der Waals surface area contributed by atoms with Gasteiger partial charge in [-0.2, -0.15) is 5.10 Å². The second-order valence-corrected chi connectivity index (χ2v) is 8.63. The Morgan fingerprint density at radius 1 is 1.15 bits per heavy atom. The number of aromatic amines is 1. The van der Waals surface area contributed by atoms with Gasteiger partial charge in [0.2, 0.25) is 5.91 Å². The number of carbonyl (C=O) groups excluding carboxylic acids is 2. The van der Waals surface area contributed by atoms with E-state index in [9.17, 15) is 18.8 Å². The lowest BCUT2D eigenvalue weighted by molar-refractivity contribution is -0.136. The number of fused-ring (bicyclic) bond motifs is 1. The number of carbonyl (C=O) groups is 2. The van der Waals surface area contributed by atoms with Gasteiger partial charge >= 0.3 is 0 Å². The Hall–Kier alpha value is -3.59. The molecule has 2 aromatic carbocycles. The molecule has 3 aromatic rings. The predicted molar refractivity (Wildman–Crippen MR) is 125 cm³/mol. The molecule has 2 heterocycles. The van der Waals surface area contributed by atoms with E-state index < -0.39 is 5.82 Å². The first-order valence-electron chi connectivity index (χ1n) is 11.2. The summed E-state index contributed by atoms with van der Waals surface area (Å²) in [6, 6.07) is 11.6. The second-order valence-electron chi connectivity index (χ2n) is 8.63. The summed E-state index contributed by atoms with van der Waals surface area (Å²) in [5.41, 5.74) is 1.10. The number of rotatable bonds is 6. The zero-order valence-corrected chi connectivity index (χ0v) is 19.2. The largest absolute Gasteiger partial charge is 0.368 e. The first kappa shape index (κ1) is 23.6. The molecular formula is C25H27FN4O4. The second kappa shape index (κ2) is 10.1. The number of hydrogen-bond acceptors (Lipinski definition) is 5. The number of nitrogens with zero attached hydrogens (tertiary/aromatic N) is 3. The Morgan fingerprint density at radius 2 is 1.85 bits per heavy atom. The predicted octanol–water partition coefficient (Wildman–Crippen LogP) is 2.36. The SMILES string of the molecule is CN(C)C(=O)COC1CCN(C(=O)c2cc(Cc3n[nH]c(=O)c4ccccc34)ccc2F)CC1. The molecule has 2 amide bonds. The fraction of sp³-hybridized carbons (Fsp3) is 0.360. The van der Waals surface area contributed by atoms with Crippen molar-refractivity contribution in [3.8, 4) is 0 Å². The zero-order chi connectivity index (χ0) is 24.2. The van der Waals surface area contributed by atoms with Gasteiger partial charge in [0, 0.05) is 39.0 Å². The number of halogens is 1. The Kier molecular flexibility index (Phi) is 7.02. The maximum absolute atomic E-state index is 14.6. The number of nitrogens with one attached hydrogen (secondary N) is 1. The molecule has 8 nitrogen and oxygen atoms in total. The van der Waals surface area contributed by atoms with Gasteiger partial charge in [-0.1, -0.05) is 24.3 Å². The number of aromatic nitrogens is 2. The van der Waals surface area contributed by atoms with Gasteiger partial charge in [0.15, 0.2) is 0 Å². The van der Waals surface area contributed by atoms with Crippen molar-refractivity contribution in [1.82, 2.24) is 20.0 Å². The molecule has 0 spiro atoms. The van der Waals surface area contributed by atoms with Crippen LogP contribution in [0.4, 0.5) is 4.39 Å². The highest BCUT2D eigenvalue weighted by Gasteiger charge is 2.26. The van der Waals surface area contributed by atoms with Crippen LogP contribution in [0.25, 0.3) is 10.8 Å². The summed E-state index contributed by atoms with van der Waals surface area (Å²) in [6.45, 7) is 0.862. The first-order chi connectivity index (χ1) is 16.3. The average molecular weight is 467 g/mol. The van der Waals surface area contributed by atoms with Crippen LogP contribution in [0.5, 0.6) is 0 Å². The molecule has 1 aliphatic heterocycles. The lowest BCUT2D eigenvalue weighted by Crippen LogP contribution is -2.42. The molecule has 1 aliphatic rings. The van der Waals surface area contributed by atoms with E-state index in [2.05, 4.69) is 10.2 Å². The minimum absolute atomic E-state index is 0.00776. The Labute approximate surface area is 196 Å². The normalized spacial score (nSPS) is 14.4. The molecule has 1 saturated heterocycles. The van der Waals surface area contributed by atoms with E-state index in [0.29, 0.717) is 43.4 Å². The summed E-state index contributed by atoms with van der Waals surface area (Å²) < 4.78 is 20.3. The lowest BCUT2D eigenvalue weighted by atomic mass is 10.0. The molecule has 9 heteroatoms. The van der Waals surface area contributed by atoms with Gasteiger partial charge in [-0.3, -0.25) is 14.4 Å². The number of H-pyrrole nitrogens is 1. The summed E-state index contributed by atoms with van der Waals surface area (Å²) in [5, 5.41) is 7.92. The van der Waals surface area contributed by atoms with Crippen molar-refractivity contribution >= 4 is 22.6 Å². The van der Waals surface area contributed by atoms with E-state index in [-0.39, 0.29) is 35.6 Å². The van der Waals surface area contributed by atoms with Crippen LogP contribution in [-0.4, -0.2) is 71.7 Å². The van der Waals surface area contributed by atoms with Crippen molar-refractivity contribution in [2.75, 3.05) is 33.8 Å². The smallest absolute Gasteiger partial charge is 0.272 e. The van der Waals surface area contributed by atoms with E-state index >= 15 is 0 Å². The van der Waals surface area contributed by atoms with Crippen LogP contribution in [0.3, 0.4) is 0 Å². The van der Waals surface area contributed by atoms with E-state index in [4.69, 9.17) is 4.74 Å². The van der Waals surface area contributed by atoms with Crippen LogP contribution in [0.15, 0.2) is 47.3 Å². The monoisotopic (exact) mass is 466 g/mol. The highest BCUT2D eigenvalue weighted by atomic mass is 19.1. The van der Waals surface area contributed by atoms with E-state index in [1.54, 1.807) is 43.3 Å². The zero-order valence-electron chi connectivity index (χ0n) is 19.2. The molecule has 34 heavy (non-hydrogen) atoms. The van der Waals surface area contributed by atoms with Crippen LogP contribution >= 0.6 is 0 Å². The van der Waals surface area contributed by atoms with Gasteiger partial charge in [0.1, 0.15) is 12.4 Å². The molecular weight excluding hydrogens is 439 g/mol. The van der Waals surface area contributed by atoms with Crippen molar-refractivity contribution in [2.24, 2.45) is 0 Å². The maximum atomic E-state index is 14.6. The van der Waals surface area contributed by atoms with Gasteiger partial charge < -0.3 is 14.5 Å². The molecule has 4 rings (SSSR count). The fourth-order valence-corrected chi connectivity index (χ4v) is 4.06. The van der Waals surface area contributed by atoms with Crippen molar-refractivity contribution < 1.29 is 18.7 Å². The first-order valence-corrected chi connectivity index (χ1v) is 11.2. The number of ether oxygens (including phenoxy) is 1. The minimum Gasteiger partial charge on any atom is -0.368 e. The van der Waals surface area contributed by atoms with E-state index in [0.717, 1.165) is 10.9 Å². The third-order valence-corrected chi connectivity index (χ3v) is 6.08. The summed E-state index contributed by atoms with van der Waals surface area (Å²) in [6.07, 6.45) is 1.40. The van der Waals surface area contributed by atoms with Crippen LogP contribution in [0.2, 0.25) is 0 Å². The van der Waals surface area contributed by atoms with E-state index in [1.807, 2.05) is 12.1 Å². The van der Waals surface area contributed by atoms with Gasteiger partial charge in [-0.25, -0.2) is 9.49 Å².